The molecule has 0 aliphatic carbocycles. The highest BCUT2D eigenvalue weighted by molar-refractivity contribution is 6.31. The third-order valence-electron chi connectivity index (χ3n) is 5.96. The minimum Gasteiger partial charge on any atom is -0.444 e. The fourth-order valence-electron chi connectivity index (χ4n) is 3.97. The van der Waals surface area contributed by atoms with Gasteiger partial charge in [0, 0.05) is 54.6 Å². The number of pyridine rings is 1. The molecule has 2 heterocycles. The minimum absolute atomic E-state index is 0.00349. The number of ether oxygens (including phenoxy) is 1. The fourth-order valence-corrected chi connectivity index (χ4v) is 4.21. The van der Waals surface area contributed by atoms with E-state index < -0.39 is 17.3 Å². The second kappa shape index (κ2) is 10.4. The molecule has 1 aromatic heterocycles. The van der Waals surface area contributed by atoms with Gasteiger partial charge in [-0.15, -0.1) is 0 Å². The molecule has 0 spiro atoms. The van der Waals surface area contributed by atoms with Crippen molar-refractivity contribution in [3.8, 4) is 0 Å². The van der Waals surface area contributed by atoms with E-state index in [2.05, 4.69) is 10.2 Å². The van der Waals surface area contributed by atoms with Crippen LogP contribution in [0, 0.1) is 19.7 Å². The molecule has 3 rings (SSSR count). The Labute approximate surface area is 210 Å². The maximum atomic E-state index is 14.0. The Kier molecular flexibility index (Phi) is 7.91. The molecule has 10 heteroatoms. The van der Waals surface area contributed by atoms with Gasteiger partial charge in [0.1, 0.15) is 11.2 Å². The molecule has 0 saturated carbocycles. The molecule has 190 valence electrons. The van der Waals surface area contributed by atoms with Gasteiger partial charge < -0.3 is 15.0 Å². The van der Waals surface area contributed by atoms with Crippen molar-refractivity contribution in [3.05, 3.63) is 57.6 Å². The van der Waals surface area contributed by atoms with Crippen LogP contribution in [0.25, 0.3) is 0 Å². The number of halogens is 2. The molecule has 1 aliphatic heterocycles. The predicted molar refractivity (Wildman–Crippen MR) is 130 cm³/mol. The first kappa shape index (κ1) is 26.7. The molecule has 0 bridgehead atoms. The van der Waals surface area contributed by atoms with Gasteiger partial charge in [-0.3, -0.25) is 14.9 Å². The van der Waals surface area contributed by atoms with Crippen LogP contribution in [0.4, 0.5) is 14.9 Å². The Morgan fingerprint density at radius 2 is 1.94 bits per heavy atom. The summed E-state index contributed by atoms with van der Waals surface area (Å²) in [5.41, 5.74) is 1.69. The van der Waals surface area contributed by atoms with Crippen molar-refractivity contribution >= 4 is 29.3 Å². The Morgan fingerprint density at radius 3 is 2.54 bits per heavy atom. The molecule has 35 heavy (non-hydrogen) atoms. The average Bonchev–Trinajstić information content (AvgIpc) is 2.73. The van der Waals surface area contributed by atoms with E-state index in [0.29, 0.717) is 41.6 Å². The molecule has 1 aliphatic rings. The Bertz CT molecular complexity index is 1110. The van der Waals surface area contributed by atoms with Crippen molar-refractivity contribution in [2.24, 2.45) is 0 Å². The SMILES string of the molecule is Cc1c(CN2CCN(C(=O)OC(C)(C)C)[C@@H](C)C2)cc(Cl)cc1NC(=O)c1cc(F)c(C)[n+](O)c1. The van der Waals surface area contributed by atoms with Gasteiger partial charge in [0.25, 0.3) is 11.6 Å². The number of anilines is 1. The second-order valence-corrected chi connectivity index (χ2v) is 10.4. The molecule has 2 amide bonds. The lowest BCUT2D eigenvalue weighted by atomic mass is 10.0. The lowest BCUT2D eigenvalue weighted by Crippen LogP contribution is -2.54. The van der Waals surface area contributed by atoms with Gasteiger partial charge in [-0.05, 0) is 63.9 Å². The first-order valence-electron chi connectivity index (χ1n) is 11.5. The highest BCUT2D eigenvalue weighted by Crippen LogP contribution is 2.27. The molecule has 8 nitrogen and oxygen atoms in total. The van der Waals surface area contributed by atoms with Crippen LogP contribution in [-0.2, 0) is 11.3 Å². The number of amides is 2. The molecular formula is C25H33ClFN4O4+. The van der Waals surface area contributed by atoms with E-state index in [-0.39, 0.29) is 23.4 Å². The zero-order chi connectivity index (χ0) is 26.1. The first-order valence-corrected chi connectivity index (χ1v) is 11.9. The van der Waals surface area contributed by atoms with E-state index in [1.54, 1.807) is 11.0 Å². The molecule has 2 N–H and O–H groups in total. The number of nitrogens with one attached hydrogen (secondary N) is 1. The average molecular weight is 508 g/mol. The molecule has 2 aromatic rings. The Hall–Kier alpha value is -2.91. The molecule has 1 aromatic carbocycles. The topological polar surface area (TPSA) is 86.0 Å². The number of hydrogen-bond acceptors (Lipinski definition) is 5. The summed E-state index contributed by atoms with van der Waals surface area (Å²) < 4.78 is 20.1. The number of nitrogens with zero attached hydrogens (tertiary/aromatic N) is 3. The minimum atomic E-state index is -0.691. The van der Waals surface area contributed by atoms with Gasteiger partial charge in [0.2, 0.25) is 6.20 Å². The van der Waals surface area contributed by atoms with E-state index in [1.807, 2.05) is 40.7 Å². The number of hydrogen-bond donors (Lipinski definition) is 2. The zero-order valence-electron chi connectivity index (χ0n) is 21.0. The van der Waals surface area contributed by atoms with Crippen LogP contribution in [0.1, 0.15) is 54.9 Å². The summed E-state index contributed by atoms with van der Waals surface area (Å²) in [7, 11) is 0. The van der Waals surface area contributed by atoms with Crippen LogP contribution >= 0.6 is 11.6 Å². The summed E-state index contributed by atoms with van der Waals surface area (Å²) in [5, 5.41) is 13.0. The number of piperazine rings is 1. The van der Waals surface area contributed by atoms with Gasteiger partial charge >= 0.3 is 6.09 Å². The van der Waals surface area contributed by atoms with Crippen LogP contribution in [-0.4, -0.2) is 58.3 Å². The number of carbonyl (C=O) groups is 2. The van der Waals surface area contributed by atoms with Crippen molar-refractivity contribution < 1.29 is 28.7 Å². The highest BCUT2D eigenvalue weighted by atomic mass is 35.5. The summed E-state index contributed by atoms with van der Waals surface area (Å²) in [6.45, 7) is 13.3. The Balaban J connectivity index is 1.72. The number of rotatable bonds is 4. The van der Waals surface area contributed by atoms with E-state index >= 15 is 0 Å². The third-order valence-corrected chi connectivity index (χ3v) is 6.18. The molecule has 0 radical (unpaired) electrons. The first-order chi connectivity index (χ1) is 16.2. The molecule has 1 fully saturated rings. The van der Waals surface area contributed by atoms with Crippen molar-refractivity contribution in [3.63, 3.8) is 0 Å². The number of carbonyl (C=O) groups excluding carboxylic acids is 2. The lowest BCUT2D eigenvalue weighted by Gasteiger charge is -2.40. The van der Waals surface area contributed by atoms with E-state index in [9.17, 15) is 19.2 Å². The normalized spacial score (nSPS) is 16.8. The monoisotopic (exact) mass is 507 g/mol. The Morgan fingerprint density at radius 1 is 1.26 bits per heavy atom. The van der Waals surface area contributed by atoms with Gasteiger partial charge in [-0.1, -0.05) is 11.6 Å². The number of benzene rings is 1. The maximum Gasteiger partial charge on any atom is 0.410 e. The van der Waals surface area contributed by atoms with E-state index in [0.717, 1.165) is 23.4 Å². The van der Waals surface area contributed by atoms with Gasteiger partial charge in [-0.2, -0.15) is 4.39 Å². The van der Waals surface area contributed by atoms with Crippen molar-refractivity contribution in [1.29, 1.82) is 0 Å². The number of aromatic nitrogens is 1. The predicted octanol–water partition coefficient (Wildman–Crippen LogP) is 4.31. The molecule has 0 unspecified atom stereocenters. The van der Waals surface area contributed by atoms with Gasteiger partial charge in [0.05, 0.1) is 0 Å². The quantitative estimate of drug-likeness (QED) is 0.475. The van der Waals surface area contributed by atoms with Crippen molar-refractivity contribution in [1.82, 2.24) is 9.80 Å². The van der Waals surface area contributed by atoms with E-state index in [4.69, 9.17) is 16.3 Å². The van der Waals surface area contributed by atoms with Gasteiger partial charge in [-0.25, -0.2) is 4.79 Å². The summed E-state index contributed by atoms with van der Waals surface area (Å²) in [6.07, 6.45) is 0.838. The van der Waals surface area contributed by atoms with Crippen LogP contribution in [0.3, 0.4) is 0 Å². The van der Waals surface area contributed by atoms with Crippen LogP contribution in [0.2, 0.25) is 5.02 Å². The second-order valence-electron chi connectivity index (χ2n) is 9.96. The summed E-state index contributed by atoms with van der Waals surface area (Å²) in [5.74, 6) is -1.26. The van der Waals surface area contributed by atoms with Crippen LogP contribution in [0.5, 0.6) is 0 Å². The molecular weight excluding hydrogens is 475 g/mol. The zero-order valence-corrected chi connectivity index (χ0v) is 21.7. The summed E-state index contributed by atoms with van der Waals surface area (Å²) in [6, 6.07) is 4.53. The summed E-state index contributed by atoms with van der Waals surface area (Å²) in [4.78, 5) is 29.2. The molecule has 1 atom stereocenters. The fraction of sp³-hybridized carbons (Fsp3) is 0.480. The maximum absolute atomic E-state index is 14.0. The molecule has 1 saturated heterocycles. The smallest absolute Gasteiger partial charge is 0.410 e. The largest absolute Gasteiger partial charge is 0.444 e. The highest BCUT2D eigenvalue weighted by Gasteiger charge is 2.31. The van der Waals surface area contributed by atoms with Crippen molar-refractivity contribution in [2.45, 2.75) is 59.7 Å². The lowest BCUT2D eigenvalue weighted by molar-refractivity contribution is -0.909. The van der Waals surface area contributed by atoms with Crippen LogP contribution < -0.4 is 10.0 Å². The van der Waals surface area contributed by atoms with Crippen molar-refractivity contribution in [2.75, 3.05) is 25.0 Å². The summed E-state index contributed by atoms with van der Waals surface area (Å²) >= 11 is 6.35. The van der Waals surface area contributed by atoms with E-state index in [1.165, 1.54) is 6.92 Å². The van der Waals surface area contributed by atoms with Crippen LogP contribution in [0.15, 0.2) is 24.4 Å². The standard InChI is InChI=1S/C25H32ClFN4O4/c1-15-12-29(7-8-30(15)24(33)35-25(4,5)6)13-18-9-20(26)11-22(16(18)2)28-23(32)19-10-21(27)17(3)31(34)14-19/h9-11,14-15H,7-8,12-13H2,1-6H3,(H-,28,32,34)/p+1/t15-/m0/s1. The third kappa shape index (κ3) is 6.61. The van der Waals surface area contributed by atoms with Gasteiger partial charge in [0.15, 0.2) is 5.82 Å².